The Bertz CT molecular complexity index is 1210. The van der Waals surface area contributed by atoms with Gasteiger partial charge in [-0.05, 0) is 57.2 Å². The molecule has 3 aromatic rings. The van der Waals surface area contributed by atoms with E-state index in [4.69, 9.17) is 9.26 Å². The lowest BCUT2D eigenvalue weighted by atomic mass is 9.99. The molecule has 0 aliphatic carbocycles. The quantitative estimate of drug-likeness (QED) is 0.442. The van der Waals surface area contributed by atoms with Crippen molar-refractivity contribution in [2.24, 2.45) is 0 Å². The summed E-state index contributed by atoms with van der Waals surface area (Å²) in [5, 5.41) is 19.0. The summed E-state index contributed by atoms with van der Waals surface area (Å²) in [4.78, 5) is 30.0. The molecule has 1 aliphatic rings. The van der Waals surface area contributed by atoms with Crippen molar-refractivity contribution in [2.45, 2.75) is 32.4 Å². The lowest BCUT2D eigenvalue weighted by Gasteiger charge is -2.37. The van der Waals surface area contributed by atoms with Gasteiger partial charge in [0.15, 0.2) is 0 Å². The third-order valence-corrected chi connectivity index (χ3v) is 5.23. The summed E-state index contributed by atoms with van der Waals surface area (Å²) in [6.45, 7) is 6.55. The molecule has 1 fully saturated rings. The van der Waals surface area contributed by atoms with Crippen LogP contribution < -0.4 is 5.32 Å². The maximum Gasteiger partial charge on any atom is 0.410 e. The van der Waals surface area contributed by atoms with Gasteiger partial charge in [0.2, 0.25) is 5.82 Å². The number of nitrogens with zero attached hydrogens (tertiary/aromatic N) is 4. The maximum atomic E-state index is 13.2. The number of amides is 1. The van der Waals surface area contributed by atoms with Gasteiger partial charge in [0.1, 0.15) is 11.4 Å². The molecule has 4 rings (SSSR count). The van der Waals surface area contributed by atoms with Crippen molar-refractivity contribution in [2.75, 3.05) is 19.6 Å². The van der Waals surface area contributed by atoms with Gasteiger partial charge in [0, 0.05) is 36.8 Å². The van der Waals surface area contributed by atoms with Crippen LogP contribution in [0.4, 0.5) is 14.9 Å². The van der Waals surface area contributed by atoms with Gasteiger partial charge in [-0.3, -0.25) is 15.0 Å². The molecule has 10 nitrogen and oxygen atoms in total. The van der Waals surface area contributed by atoms with E-state index in [1.165, 1.54) is 35.2 Å². The van der Waals surface area contributed by atoms with Crippen LogP contribution in [0.25, 0.3) is 22.8 Å². The van der Waals surface area contributed by atoms with Crippen LogP contribution in [0.5, 0.6) is 0 Å². The van der Waals surface area contributed by atoms with Gasteiger partial charge in [0.05, 0.1) is 16.5 Å². The molecular formula is C23H24FN5O5. The Kier molecular flexibility index (Phi) is 6.29. The van der Waals surface area contributed by atoms with Crippen LogP contribution >= 0.6 is 0 Å². The number of carbonyl (C=O) groups excluding carboxylic acids is 1. The van der Waals surface area contributed by atoms with Gasteiger partial charge in [-0.2, -0.15) is 4.98 Å². The van der Waals surface area contributed by atoms with Gasteiger partial charge in [-0.15, -0.1) is 0 Å². The minimum Gasteiger partial charge on any atom is -0.444 e. The zero-order valence-corrected chi connectivity index (χ0v) is 18.9. The Labute approximate surface area is 194 Å². The molecule has 0 radical (unpaired) electrons. The number of nitro groups is 1. The standard InChI is InChI=1S/C23H24FN5O5/c1-23(2,3)33-22(30)28-11-10-25-13-19(28)17-9-6-15(12-18(17)29(31)32)21-26-20(27-34-21)14-4-7-16(24)8-5-14/h4-9,12,19,25H,10-11,13H2,1-3H3. The van der Waals surface area contributed by atoms with E-state index < -0.39 is 28.5 Å². The van der Waals surface area contributed by atoms with Crippen LogP contribution in [0.1, 0.15) is 32.4 Å². The molecule has 0 bridgehead atoms. The highest BCUT2D eigenvalue weighted by atomic mass is 19.1. The third kappa shape index (κ3) is 5.04. The van der Waals surface area contributed by atoms with E-state index in [0.717, 1.165) is 0 Å². The zero-order valence-electron chi connectivity index (χ0n) is 18.9. The first-order valence-electron chi connectivity index (χ1n) is 10.7. The first-order valence-corrected chi connectivity index (χ1v) is 10.7. The van der Waals surface area contributed by atoms with Crippen LogP contribution in [0.2, 0.25) is 0 Å². The molecule has 1 unspecified atom stereocenters. The monoisotopic (exact) mass is 469 g/mol. The highest BCUT2D eigenvalue weighted by Gasteiger charge is 2.35. The molecule has 1 saturated heterocycles. The number of benzene rings is 2. The zero-order chi connectivity index (χ0) is 24.5. The lowest BCUT2D eigenvalue weighted by molar-refractivity contribution is -0.385. The summed E-state index contributed by atoms with van der Waals surface area (Å²) >= 11 is 0. The minimum atomic E-state index is -0.692. The van der Waals surface area contributed by atoms with Crippen molar-refractivity contribution >= 4 is 11.8 Å². The molecule has 178 valence electrons. The number of carbonyl (C=O) groups is 1. The summed E-state index contributed by atoms with van der Waals surface area (Å²) in [6.07, 6.45) is -0.529. The molecule has 2 aromatic carbocycles. The summed E-state index contributed by atoms with van der Waals surface area (Å²) in [5.74, 6) is -0.0784. The van der Waals surface area contributed by atoms with Gasteiger partial charge in [-0.25, -0.2) is 9.18 Å². The lowest BCUT2D eigenvalue weighted by Crippen LogP contribution is -2.50. The van der Waals surface area contributed by atoms with Crippen LogP contribution in [-0.4, -0.2) is 51.3 Å². The predicted octanol–water partition coefficient (Wildman–Crippen LogP) is 4.33. The maximum absolute atomic E-state index is 13.2. The molecular weight excluding hydrogens is 445 g/mol. The Hall–Kier alpha value is -3.86. The number of halogens is 1. The second-order valence-corrected chi connectivity index (χ2v) is 8.85. The van der Waals surface area contributed by atoms with E-state index in [-0.39, 0.29) is 17.4 Å². The molecule has 2 heterocycles. The Balaban J connectivity index is 1.66. The molecule has 1 atom stereocenters. The number of nitro benzene ring substituents is 1. The number of nitrogens with one attached hydrogen (secondary N) is 1. The van der Waals surface area contributed by atoms with E-state index in [1.807, 2.05) is 0 Å². The number of aromatic nitrogens is 2. The van der Waals surface area contributed by atoms with Gasteiger partial charge in [0.25, 0.3) is 11.6 Å². The Morgan fingerprint density at radius 3 is 2.62 bits per heavy atom. The molecule has 1 N–H and O–H groups in total. The summed E-state index contributed by atoms with van der Waals surface area (Å²) in [7, 11) is 0. The Morgan fingerprint density at radius 1 is 1.24 bits per heavy atom. The fourth-order valence-electron chi connectivity index (χ4n) is 3.69. The van der Waals surface area contributed by atoms with E-state index in [2.05, 4.69) is 15.5 Å². The first kappa shape index (κ1) is 23.3. The van der Waals surface area contributed by atoms with Gasteiger partial charge >= 0.3 is 6.09 Å². The molecule has 0 spiro atoms. The van der Waals surface area contributed by atoms with Crippen molar-refractivity contribution in [3.8, 4) is 22.8 Å². The molecule has 0 saturated carbocycles. The predicted molar refractivity (Wildman–Crippen MR) is 120 cm³/mol. The van der Waals surface area contributed by atoms with Crippen molar-refractivity contribution in [1.29, 1.82) is 0 Å². The van der Waals surface area contributed by atoms with E-state index in [0.29, 0.717) is 36.3 Å². The second-order valence-electron chi connectivity index (χ2n) is 8.85. The molecule has 11 heteroatoms. The minimum absolute atomic E-state index is 0.0831. The summed E-state index contributed by atoms with van der Waals surface area (Å²) in [6, 6.07) is 9.55. The first-order chi connectivity index (χ1) is 16.1. The van der Waals surface area contributed by atoms with Crippen LogP contribution in [0, 0.1) is 15.9 Å². The molecule has 34 heavy (non-hydrogen) atoms. The summed E-state index contributed by atoms with van der Waals surface area (Å²) < 4.78 is 24.0. The number of rotatable bonds is 4. The van der Waals surface area contributed by atoms with Gasteiger partial charge in [-0.1, -0.05) is 5.16 Å². The number of ether oxygens (including phenoxy) is 1. The molecule has 1 aromatic heterocycles. The van der Waals surface area contributed by atoms with Crippen molar-refractivity contribution in [1.82, 2.24) is 20.4 Å². The third-order valence-electron chi connectivity index (χ3n) is 5.23. The molecule has 1 aliphatic heterocycles. The van der Waals surface area contributed by atoms with E-state index in [9.17, 15) is 19.3 Å². The SMILES string of the molecule is CC(C)(C)OC(=O)N1CCNCC1c1ccc(-c2nc(-c3ccc(F)cc3)no2)cc1[N+](=O)[O-]. The number of hydrogen-bond acceptors (Lipinski definition) is 8. The highest BCUT2D eigenvalue weighted by molar-refractivity contribution is 5.70. The average molecular weight is 469 g/mol. The fourth-order valence-corrected chi connectivity index (χ4v) is 3.69. The van der Waals surface area contributed by atoms with Crippen molar-refractivity contribution in [3.05, 3.63) is 64.0 Å². The number of hydrogen-bond donors (Lipinski definition) is 1. The van der Waals surface area contributed by atoms with Crippen LogP contribution in [0.15, 0.2) is 47.0 Å². The van der Waals surface area contributed by atoms with Crippen LogP contribution in [0.3, 0.4) is 0 Å². The van der Waals surface area contributed by atoms with E-state index in [1.54, 1.807) is 32.9 Å². The van der Waals surface area contributed by atoms with E-state index >= 15 is 0 Å². The smallest absolute Gasteiger partial charge is 0.410 e. The molecule has 1 amide bonds. The highest BCUT2D eigenvalue weighted by Crippen LogP contribution is 2.35. The van der Waals surface area contributed by atoms with Crippen LogP contribution in [-0.2, 0) is 4.74 Å². The van der Waals surface area contributed by atoms with Crippen molar-refractivity contribution < 1.29 is 23.4 Å². The van der Waals surface area contributed by atoms with Gasteiger partial charge < -0.3 is 14.6 Å². The second kappa shape index (κ2) is 9.18. The normalized spacial score (nSPS) is 16.4. The number of piperazine rings is 1. The largest absolute Gasteiger partial charge is 0.444 e. The average Bonchev–Trinajstić information content (AvgIpc) is 3.28. The van der Waals surface area contributed by atoms with Crippen molar-refractivity contribution in [3.63, 3.8) is 0 Å². The topological polar surface area (TPSA) is 124 Å². The Morgan fingerprint density at radius 2 is 1.94 bits per heavy atom. The fraction of sp³-hybridized carbons (Fsp3) is 0.348. The summed E-state index contributed by atoms with van der Waals surface area (Å²) in [5.41, 5.74) is 0.390.